The summed E-state index contributed by atoms with van der Waals surface area (Å²) in [5.41, 5.74) is 6.07. The van der Waals surface area contributed by atoms with Crippen molar-refractivity contribution in [2.75, 3.05) is 6.26 Å². The number of hydrogen-bond acceptors (Lipinski definition) is 3. The van der Waals surface area contributed by atoms with Gasteiger partial charge >= 0.3 is 0 Å². The first-order valence-corrected chi connectivity index (χ1v) is 8.82. The van der Waals surface area contributed by atoms with E-state index in [0.717, 1.165) is 5.56 Å². The second kappa shape index (κ2) is 7.89. The third kappa shape index (κ3) is 4.91. The highest BCUT2D eigenvalue weighted by atomic mass is 35.5. The number of amides is 2. The Morgan fingerprint density at radius 3 is 2.43 bits per heavy atom. The molecule has 2 N–H and O–H groups in total. The highest BCUT2D eigenvalue weighted by molar-refractivity contribution is 7.83. The quantitative estimate of drug-likeness (QED) is 0.831. The Hall–Kier alpha value is -2.18. The van der Waals surface area contributed by atoms with Crippen LogP contribution in [-0.4, -0.2) is 22.3 Å². The lowest BCUT2D eigenvalue weighted by molar-refractivity contribution is 0.0846. The fourth-order valence-electron chi connectivity index (χ4n) is 1.94. The van der Waals surface area contributed by atoms with Gasteiger partial charge in [0.25, 0.3) is 11.8 Å². The van der Waals surface area contributed by atoms with E-state index in [0.29, 0.717) is 16.3 Å². The first-order chi connectivity index (χ1) is 11.0. The molecule has 0 fully saturated rings. The molecule has 2 aromatic rings. The Kier molecular flexibility index (Phi) is 5.90. The van der Waals surface area contributed by atoms with Crippen molar-refractivity contribution in [1.29, 1.82) is 0 Å². The minimum Gasteiger partial charge on any atom is -0.267 e. The van der Waals surface area contributed by atoms with Gasteiger partial charge in [-0.2, -0.15) is 0 Å². The summed E-state index contributed by atoms with van der Waals surface area (Å²) in [6.07, 6.45) is 1.59. The van der Waals surface area contributed by atoms with Crippen molar-refractivity contribution in [3.05, 3.63) is 70.2 Å². The van der Waals surface area contributed by atoms with E-state index >= 15 is 0 Å². The largest absolute Gasteiger partial charge is 0.271 e. The van der Waals surface area contributed by atoms with Crippen LogP contribution in [0.25, 0.3) is 0 Å². The molecule has 0 heterocycles. The van der Waals surface area contributed by atoms with Crippen LogP contribution in [0.1, 0.15) is 26.3 Å². The molecule has 0 aliphatic rings. The normalized spacial score (nSPS) is 11.6. The molecule has 0 saturated carbocycles. The van der Waals surface area contributed by atoms with Gasteiger partial charge in [-0.3, -0.25) is 24.6 Å². The van der Waals surface area contributed by atoms with Gasteiger partial charge in [-0.1, -0.05) is 35.9 Å². The second-order valence-corrected chi connectivity index (χ2v) is 6.65. The monoisotopic (exact) mass is 350 g/mol. The SMILES string of the molecule is CS(=O)Cc1cccc(C(=O)NNC(=O)c2ccccc2Cl)c1. The highest BCUT2D eigenvalue weighted by Gasteiger charge is 2.12. The van der Waals surface area contributed by atoms with E-state index in [1.165, 1.54) is 0 Å². The summed E-state index contributed by atoms with van der Waals surface area (Å²) < 4.78 is 11.2. The summed E-state index contributed by atoms with van der Waals surface area (Å²) in [6, 6.07) is 13.3. The third-order valence-corrected chi connectivity index (χ3v) is 4.04. The van der Waals surface area contributed by atoms with E-state index in [9.17, 15) is 13.8 Å². The number of benzene rings is 2. The van der Waals surface area contributed by atoms with E-state index in [2.05, 4.69) is 10.9 Å². The maximum absolute atomic E-state index is 12.1. The van der Waals surface area contributed by atoms with Gasteiger partial charge in [-0.25, -0.2) is 0 Å². The van der Waals surface area contributed by atoms with Crippen LogP contribution in [0.5, 0.6) is 0 Å². The number of hydrazine groups is 1. The summed E-state index contributed by atoms with van der Waals surface area (Å²) in [4.78, 5) is 24.0. The highest BCUT2D eigenvalue weighted by Crippen LogP contribution is 2.14. The molecular weight excluding hydrogens is 336 g/mol. The van der Waals surface area contributed by atoms with Gasteiger partial charge in [0.1, 0.15) is 0 Å². The van der Waals surface area contributed by atoms with Crippen molar-refractivity contribution in [1.82, 2.24) is 10.9 Å². The standard InChI is InChI=1S/C16H15ClN2O3S/c1-23(22)10-11-5-4-6-12(9-11)15(20)18-19-16(21)13-7-2-3-8-14(13)17/h2-9H,10H2,1H3,(H,18,20)(H,19,21). The number of carbonyl (C=O) groups is 2. The molecule has 7 heteroatoms. The van der Waals surface area contributed by atoms with Gasteiger partial charge < -0.3 is 0 Å². The zero-order chi connectivity index (χ0) is 16.8. The average molecular weight is 351 g/mol. The van der Waals surface area contributed by atoms with Crippen LogP contribution >= 0.6 is 11.6 Å². The van der Waals surface area contributed by atoms with Crippen LogP contribution < -0.4 is 10.9 Å². The summed E-state index contributed by atoms with van der Waals surface area (Å²) in [5, 5.41) is 0.298. The first-order valence-electron chi connectivity index (χ1n) is 6.71. The molecule has 0 aromatic heterocycles. The van der Waals surface area contributed by atoms with Crippen molar-refractivity contribution < 1.29 is 13.8 Å². The van der Waals surface area contributed by atoms with Crippen LogP contribution in [0.3, 0.4) is 0 Å². The molecule has 2 aromatic carbocycles. The topological polar surface area (TPSA) is 75.3 Å². The summed E-state index contributed by atoms with van der Waals surface area (Å²) >= 11 is 5.92. The Balaban J connectivity index is 2.01. The number of nitrogens with one attached hydrogen (secondary N) is 2. The average Bonchev–Trinajstić information content (AvgIpc) is 2.52. The van der Waals surface area contributed by atoms with Gasteiger partial charge in [-0.15, -0.1) is 0 Å². The first kappa shape index (κ1) is 17.2. The van der Waals surface area contributed by atoms with Crippen molar-refractivity contribution in [3.63, 3.8) is 0 Å². The molecule has 5 nitrogen and oxygen atoms in total. The lowest BCUT2D eigenvalue weighted by atomic mass is 10.1. The molecule has 1 atom stereocenters. The van der Waals surface area contributed by atoms with Crippen LogP contribution in [0, 0.1) is 0 Å². The van der Waals surface area contributed by atoms with E-state index in [-0.39, 0.29) is 5.56 Å². The third-order valence-electron chi connectivity index (χ3n) is 2.97. The zero-order valence-electron chi connectivity index (χ0n) is 12.3. The van der Waals surface area contributed by atoms with Crippen molar-refractivity contribution in [3.8, 4) is 0 Å². The molecule has 0 radical (unpaired) electrons. The molecule has 0 aliphatic carbocycles. The Labute approximate surface area is 141 Å². The van der Waals surface area contributed by atoms with Gasteiger partial charge in [0, 0.05) is 28.4 Å². The molecule has 23 heavy (non-hydrogen) atoms. The fraction of sp³-hybridized carbons (Fsp3) is 0.125. The number of halogens is 1. The van der Waals surface area contributed by atoms with Gasteiger partial charge in [-0.05, 0) is 29.8 Å². The predicted octanol–water partition coefficient (Wildman–Crippen LogP) is 2.29. The minimum absolute atomic E-state index is 0.268. The predicted molar refractivity (Wildman–Crippen MR) is 90.6 cm³/mol. The molecular formula is C16H15ClN2O3S. The van der Waals surface area contributed by atoms with Gasteiger partial charge in [0.05, 0.1) is 10.6 Å². The van der Waals surface area contributed by atoms with E-state index in [1.54, 1.807) is 54.8 Å². The zero-order valence-corrected chi connectivity index (χ0v) is 13.9. The molecule has 1 unspecified atom stereocenters. The Morgan fingerprint density at radius 2 is 1.74 bits per heavy atom. The number of carbonyl (C=O) groups excluding carboxylic acids is 2. The maximum Gasteiger partial charge on any atom is 0.271 e. The fourth-order valence-corrected chi connectivity index (χ4v) is 2.81. The van der Waals surface area contributed by atoms with Gasteiger partial charge in [0.15, 0.2) is 0 Å². The van der Waals surface area contributed by atoms with Crippen molar-refractivity contribution in [2.45, 2.75) is 5.75 Å². The molecule has 0 spiro atoms. The molecule has 0 saturated heterocycles. The van der Waals surface area contributed by atoms with Crippen molar-refractivity contribution >= 4 is 34.2 Å². The Bertz CT molecular complexity index is 764. The van der Waals surface area contributed by atoms with Crippen LogP contribution in [-0.2, 0) is 16.6 Å². The van der Waals surface area contributed by atoms with Crippen LogP contribution in [0.2, 0.25) is 5.02 Å². The lowest BCUT2D eigenvalue weighted by Crippen LogP contribution is -2.41. The molecule has 120 valence electrons. The van der Waals surface area contributed by atoms with E-state index < -0.39 is 22.6 Å². The summed E-state index contributed by atoms with van der Waals surface area (Å²) in [5.74, 6) is -0.600. The minimum atomic E-state index is -0.993. The van der Waals surface area contributed by atoms with Gasteiger partial charge in [0.2, 0.25) is 0 Å². The smallest absolute Gasteiger partial charge is 0.267 e. The van der Waals surface area contributed by atoms with E-state index in [1.807, 2.05) is 0 Å². The van der Waals surface area contributed by atoms with Crippen molar-refractivity contribution in [2.24, 2.45) is 0 Å². The molecule has 2 amide bonds. The second-order valence-electron chi connectivity index (χ2n) is 4.81. The van der Waals surface area contributed by atoms with Crippen LogP contribution in [0.4, 0.5) is 0 Å². The Morgan fingerprint density at radius 1 is 1.04 bits per heavy atom. The molecule has 0 bridgehead atoms. The number of rotatable bonds is 4. The number of hydrogen-bond donors (Lipinski definition) is 2. The van der Waals surface area contributed by atoms with Crippen LogP contribution in [0.15, 0.2) is 48.5 Å². The molecule has 2 rings (SSSR count). The maximum atomic E-state index is 12.1. The van der Waals surface area contributed by atoms with E-state index in [4.69, 9.17) is 11.6 Å². The summed E-state index contributed by atoms with van der Waals surface area (Å²) in [7, 11) is -0.993. The molecule has 0 aliphatic heterocycles. The summed E-state index contributed by atoms with van der Waals surface area (Å²) in [6.45, 7) is 0. The lowest BCUT2D eigenvalue weighted by Gasteiger charge is -2.09.